The first kappa shape index (κ1) is 16.0. The molecule has 116 valence electrons. The fourth-order valence-electron chi connectivity index (χ4n) is 4.19. The lowest BCUT2D eigenvalue weighted by Crippen LogP contribution is -2.41. The molecule has 0 aromatic rings. The molecule has 0 aromatic carbocycles. The van der Waals surface area contributed by atoms with E-state index in [1.807, 2.05) is 0 Å². The van der Waals surface area contributed by atoms with Gasteiger partial charge in [-0.15, -0.1) is 0 Å². The number of carbonyl (C=O) groups is 1. The molecule has 1 unspecified atom stereocenters. The molecule has 0 amide bonds. The van der Waals surface area contributed by atoms with E-state index in [1.165, 1.54) is 44.9 Å². The molecule has 0 spiro atoms. The fraction of sp³-hybridized carbons (Fsp3) is 0.941. The number of rotatable bonds is 6. The largest absolute Gasteiger partial charge is 0.303 e. The molecule has 0 aromatic heterocycles. The van der Waals surface area contributed by atoms with E-state index >= 15 is 0 Å². The van der Waals surface area contributed by atoms with Gasteiger partial charge in [-0.2, -0.15) is 0 Å². The standard InChI is InChI=1S/C17H32N2O/c1-3-19(4-2)16-9-12-18(13-16)14-17(15-20)10-7-5-6-8-11-17/h15-16H,3-14H2,1-2H3. The summed E-state index contributed by atoms with van der Waals surface area (Å²) in [7, 11) is 0. The van der Waals surface area contributed by atoms with Crippen LogP contribution in [0.2, 0.25) is 0 Å². The first-order valence-corrected chi connectivity index (χ1v) is 8.66. The molecule has 1 atom stereocenters. The summed E-state index contributed by atoms with van der Waals surface area (Å²) in [5.74, 6) is 0. The predicted molar refractivity (Wildman–Crippen MR) is 84.0 cm³/mol. The van der Waals surface area contributed by atoms with E-state index in [1.54, 1.807) is 0 Å². The van der Waals surface area contributed by atoms with Crippen molar-refractivity contribution >= 4 is 6.29 Å². The molecule has 2 fully saturated rings. The second kappa shape index (κ2) is 7.56. The van der Waals surface area contributed by atoms with Gasteiger partial charge in [-0.05, 0) is 38.9 Å². The van der Waals surface area contributed by atoms with Crippen molar-refractivity contribution in [1.29, 1.82) is 0 Å². The first-order valence-electron chi connectivity index (χ1n) is 8.66. The molecule has 0 N–H and O–H groups in total. The Morgan fingerprint density at radius 1 is 1.15 bits per heavy atom. The number of likely N-dealkylation sites (tertiary alicyclic amines) is 1. The monoisotopic (exact) mass is 280 g/mol. The maximum absolute atomic E-state index is 11.7. The summed E-state index contributed by atoms with van der Waals surface area (Å²) >= 11 is 0. The van der Waals surface area contributed by atoms with E-state index in [0.717, 1.165) is 39.0 Å². The molecule has 1 saturated carbocycles. The Hall–Kier alpha value is -0.410. The highest BCUT2D eigenvalue weighted by Crippen LogP contribution is 2.35. The molecule has 1 aliphatic heterocycles. The minimum atomic E-state index is -0.0331. The number of carbonyl (C=O) groups excluding carboxylic acids is 1. The van der Waals surface area contributed by atoms with Gasteiger partial charge < -0.3 is 9.69 Å². The van der Waals surface area contributed by atoms with Crippen LogP contribution in [0.15, 0.2) is 0 Å². The van der Waals surface area contributed by atoms with Gasteiger partial charge in [0.1, 0.15) is 6.29 Å². The summed E-state index contributed by atoms with van der Waals surface area (Å²) in [5.41, 5.74) is -0.0331. The molecule has 3 heteroatoms. The van der Waals surface area contributed by atoms with Crippen LogP contribution in [0.1, 0.15) is 58.8 Å². The molecule has 3 nitrogen and oxygen atoms in total. The maximum Gasteiger partial charge on any atom is 0.127 e. The fourth-order valence-corrected chi connectivity index (χ4v) is 4.19. The van der Waals surface area contributed by atoms with Gasteiger partial charge in [0.2, 0.25) is 0 Å². The number of aldehydes is 1. The summed E-state index contributed by atoms with van der Waals surface area (Å²) in [6.07, 6.45) is 9.92. The summed E-state index contributed by atoms with van der Waals surface area (Å²) in [6.45, 7) is 10.2. The third-order valence-corrected chi connectivity index (χ3v) is 5.46. The SMILES string of the molecule is CCN(CC)C1CCN(CC2(C=O)CCCCCC2)C1. The van der Waals surface area contributed by atoms with E-state index in [2.05, 4.69) is 23.6 Å². The van der Waals surface area contributed by atoms with Crippen LogP contribution < -0.4 is 0 Å². The number of nitrogens with zero attached hydrogens (tertiary/aromatic N) is 2. The zero-order valence-electron chi connectivity index (χ0n) is 13.4. The van der Waals surface area contributed by atoms with E-state index in [4.69, 9.17) is 0 Å². The molecular formula is C17H32N2O. The first-order chi connectivity index (χ1) is 9.73. The summed E-state index contributed by atoms with van der Waals surface area (Å²) in [4.78, 5) is 16.8. The van der Waals surface area contributed by atoms with E-state index in [0.29, 0.717) is 6.04 Å². The van der Waals surface area contributed by atoms with Crippen molar-refractivity contribution in [3.63, 3.8) is 0 Å². The van der Waals surface area contributed by atoms with Crippen LogP contribution in [0, 0.1) is 5.41 Å². The Morgan fingerprint density at radius 3 is 2.35 bits per heavy atom. The molecule has 20 heavy (non-hydrogen) atoms. The molecular weight excluding hydrogens is 248 g/mol. The van der Waals surface area contributed by atoms with Gasteiger partial charge in [0.05, 0.1) is 0 Å². The quantitative estimate of drug-likeness (QED) is 0.552. The lowest BCUT2D eigenvalue weighted by atomic mass is 9.81. The second-order valence-corrected chi connectivity index (χ2v) is 6.79. The molecule has 2 rings (SSSR count). The van der Waals surface area contributed by atoms with Crippen LogP contribution >= 0.6 is 0 Å². The predicted octanol–water partition coefficient (Wildman–Crippen LogP) is 2.94. The van der Waals surface area contributed by atoms with E-state index in [9.17, 15) is 4.79 Å². The van der Waals surface area contributed by atoms with Crippen molar-refractivity contribution < 1.29 is 4.79 Å². The minimum Gasteiger partial charge on any atom is -0.303 e. The lowest BCUT2D eigenvalue weighted by Gasteiger charge is -2.32. The smallest absolute Gasteiger partial charge is 0.127 e. The van der Waals surface area contributed by atoms with Gasteiger partial charge in [0.15, 0.2) is 0 Å². The Balaban J connectivity index is 1.90. The highest BCUT2D eigenvalue weighted by molar-refractivity contribution is 5.59. The Labute approximate surface area is 124 Å². The zero-order chi connectivity index (χ0) is 14.4. The van der Waals surface area contributed by atoms with Gasteiger partial charge in [-0.3, -0.25) is 4.90 Å². The van der Waals surface area contributed by atoms with Gasteiger partial charge in [-0.25, -0.2) is 0 Å². The summed E-state index contributed by atoms with van der Waals surface area (Å²) in [6, 6.07) is 0.708. The average molecular weight is 280 g/mol. The highest BCUT2D eigenvalue weighted by atomic mass is 16.1. The van der Waals surface area contributed by atoms with Gasteiger partial charge in [-0.1, -0.05) is 39.5 Å². The van der Waals surface area contributed by atoms with E-state index < -0.39 is 0 Å². The van der Waals surface area contributed by atoms with Crippen molar-refractivity contribution in [2.24, 2.45) is 5.41 Å². The molecule has 1 saturated heterocycles. The van der Waals surface area contributed by atoms with E-state index in [-0.39, 0.29) is 5.41 Å². The van der Waals surface area contributed by atoms with Crippen molar-refractivity contribution in [1.82, 2.24) is 9.80 Å². The topological polar surface area (TPSA) is 23.6 Å². The van der Waals surface area contributed by atoms with Crippen LogP contribution in [0.4, 0.5) is 0 Å². The third-order valence-electron chi connectivity index (χ3n) is 5.46. The van der Waals surface area contributed by atoms with Crippen LogP contribution in [0.5, 0.6) is 0 Å². The summed E-state index contributed by atoms with van der Waals surface area (Å²) < 4.78 is 0. The van der Waals surface area contributed by atoms with Crippen LogP contribution in [-0.2, 0) is 4.79 Å². The summed E-state index contributed by atoms with van der Waals surface area (Å²) in [5, 5.41) is 0. The van der Waals surface area contributed by atoms with Crippen molar-refractivity contribution in [2.75, 3.05) is 32.7 Å². The van der Waals surface area contributed by atoms with Crippen molar-refractivity contribution in [2.45, 2.75) is 64.8 Å². The lowest BCUT2D eigenvalue weighted by molar-refractivity contribution is -0.118. The van der Waals surface area contributed by atoms with Crippen LogP contribution in [0.25, 0.3) is 0 Å². The second-order valence-electron chi connectivity index (χ2n) is 6.79. The molecule has 0 bridgehead atoms. The Morgan fingerprint density at radius 2 is 1.80 bits per heavy atom. The van der Waals surface area contributed by atoms with Gasteiger partial charge in [0.25, 0.3) is 0 Å². The third kappa shape index (κ3) is 3.82. The zero-order valence-corrected chi connectivity index (χ0v) is 13.4. The molecule has 1 heterocycles. The normalized spacial score (nSPS) is 27.6. The molecule has 0 radical (unpaired) electrons. The number of hydrogen-bond acceptors (Lipinski definition) is 3. The Bertz CT molecular complexity index is 293. The van der Waals surface area contributed by atoms with Crippen LogP contribution in [-0.4, -0.2) is 54.9 Å². The van der Waals surface area contributed by atoms with Crippen molar-refractivity contribution in [3.8, 4) is 0 Å². The average Bonchev–Trinajstić information content (AvgIpc) is 2.78. The maximum atomic E-state index is 11.7. The van der Waals surface area contributed by atoms with Gasteiger partial charge >= 0.3 is 0 Å². The number of hydrogen-bond donors (Lipinski definition) is 0. The minimum absolute atomic E-state index is 0.0331. The molecule has 1 aliphatic carbocycles. The van der Waals surface area contributed by atoms with Crippen LogP contribution in [0.3, 0.4) is 0 Å². The Kier molecular flexibility index (Phi) is 6.03. The molecule has 2 aliphatic rings. The highest BCUT2D eigenvalue weighted by Gasteiger charge is 2.35. The van der Waals surface area contributed by atoms with Gasteiger partial charge in [0, 0.05) is 24.5 Å². The number of likely N-dealkylation sites (N-methyl/N-ethyl adjacent to an activating group) is 1. The van der Waals surface area contributed by atoms with Crippen molar-refractivity contribution in [3.05, 3.63) is 0 Å².